The van der Waals surface area contributed by atoms with Gasteiger partial charge in [0, 0.05) is 45.2 Å². The smallest absolute Gasteiger partial charge is 0.307 e. The van der Waals surface area contributed by atoms with Crippen molar-refractivity contribution in [1.82, 2.24) is 9.99 Å². The number of nitrogens with zero attached hydrogens (tertiary/aromatic N) is 3. The molecule has 0 saturated heterocycles. The van der Waals surface area contributed by atoms with Crippen molar-refractivity contribution in [1.29, 1.82) is 0 Å². The van der Waals surface area contributed by atoms with Gasteiger partial charge >= 0.3 is 5.91 Å². The van der Waals surface area contributed by atoms with Crippen molar-refractivity contribution >= 4 is 40.4 Å². The third-order valence-electron chi connectivity index (χ3n) is 5.19. The molecule has 2 heterocycles. The van der Waals surface area contributed by atoms with E-state index < -0.39 is 10.8 Å². The first kappa shape index (κ1) is 21.3. The molecule has 1 amide bonds. The zero-order chi connectivity index (χ0) is 23.0. The first-order valence-corrected chi connectivity index (χ1v) is 10.1. The van der Waals surface area contributed by atoms with Crippen LogP contribution >= 0.6 is 11.6 Å². The number of nitrogens with one attached hydrogen (secondary N) is 1. The number of rotatable bonds is 5. The van der Waals surface area contributed by atoms with Crippen LogP contribution in [0.3, 0.4) is 0 Å². The number of aryl methyl sites for hydroxylation is 2. The van der Waals surface area contributed by atoms with E-state index in [4.69, 9.17) is 16.0 Å². The summed E-state index contributed by atoms with van der Waals surface area (Å²) in [5.41, 5.74) is 7.58. The lowest BCUT2D eigenvalue weighted by atomic mass is 10.2. The van der Waals surface area contributed by atoms with Crippen LogP contribution in [-0.2, 0) is 0 Å². The quantitative estimate of drug-likeness (QED) is 0.247. The van der Waals surface area contributed by atoms with Gasteiger partial charge in [0.25, 0.3) is 5.69 Å². The normalized spacial score (nSPS) is 11.4. The van der Waals surface area contributed by atoms with Crippen molar-refractivity contribution in [2.45, 2.75) is 20.8 Å². The van der Waals surface area contributed by atoms with Crippen LogP contribution in [0, 0.1) is 30.9 Å². The van der Waals surface area contributed by atoms with E-state index in [2.05, 4.69) is 15.1 Å². The molecule has 0 unspecified atom stereocenters. The summed E-state index contributed by atoms with van der Waals surface area (Å²) in [5, 5.41) is 16.1. The number of aromatic nitrogens is 1. The number of nitro groups is 1. The van der Waals surface area contributed by atoms with Crippen molar-refractivity contribution in [2.75, 3.05) is 0 Å². The van der Waals surface area contributed by atoms with Gasteiger partial charge in [0.15, 0.2) is 5.76 Å². The van der Waals surface area contributed by atoms with Gasteiger partial charge in [-0.3, -0.25) is 14.9 Å². The Balaban J connectivity index is 1.54. The topological polar surface area (TPSA) is 103 Å². The van der Waals surface area contributed by atoms with Gasteiger partial charge in [-0.05, 0) is 56.7 Å². The molecule has 0 aliphatic heterocycles. The lowest BCUT2D eigenvalue weighted by molar-refractivity contribution is -0.384. The Morgan fingerprint density at radius 3 is 2.69 bits per heavy atom. The van der Waals surface area contributed by atoms with Crippen LogP contribution in [0.1, 0.15) is 33.1 Å². The predicted octanol–water partition coefficient (Wildman–Crippen LogP) is 5.47. The van der Waals surface area contributed by atoms with Crippen molar-refractivity contribution in [3.8, 4) is 5.69 Å². The first-order chi connectivity index (χ1) is 15.2. The average molecular weight is 451 g/mol. The minimum atomic E-state index is -0.556. The summed E-state index contributed by atoms with van der Waals surface area (Å²) in [7, 11) is 0. The van der Waals surface area contributed by atoms with E-state index in [1.165, 1.54) is 24.3 Å². The Labute approximate surface area is 188 Å². The number of fused-ring (bicyclic) bond motifs is 1. The third-order valence-corrected chi connectivity index (χ3v) is 5.42. The Hall–Kier alpha value is -3.91. The summed E-state index contributed by atoms with van der Waals surface area (Å²) in [6.45, 7) is 5.96. The van der Waals surface area contributed by atoms with Gasteiger partial charge < -0.3 is 8.98 Å². The number of furan rings is 1. The SMILES string of the molecule is Cc1ccc(Cl)cc1-n1c(C)cc(/C=N\NC(=O)c2cc3cc([N+](=O)[O-])ccc3o2)c1C. The van der Waals surface area contributed by atoms with Crippen LogP contribution in [0.25, 0.3) is 16.7 Å². The second kappa shape index (κ2) is 8.32. The summed E-state index contributed by atoms with van der Waals surface area (Å²) in [4.78, 5) is 22.8. The van der Waals surface area contributed by atoms with E-state index in [1.54, 1.807) is 6.21 Å². The highest BCUT2D eigenvalue weighted by molar-refractivity contribution is 6.30. The molecule has 2 aromatic heterocycles. The Kier molecular flexibility index (Phi) is 5.54. The predicted molar refractivity (Wildman–Crippen MR) is 123 cm³/mol. The molecule has 0 atom stereocenters. The van der Waals surface area contributed by atoms with Crippen molar-refractivity contribution in [3.63, 3.8) is 0 Å². The largest absolute Gasteiger partial charge is 0.451 e. The highest BCUT2D eigenvalue weighted by Gasteiger charge is 2.15. The standard InChI is InChI=1S/C23H19ClN4O4/c1-13-4-5-18(24)11-20(13)27-14(2)8-17(15(27)3)12-25-26-23(29)22-10-16-9-19(28(30)31)6-7-21(16)32-22/h4-12H,1-3H3,(H,26,29)/b25-12-. The van der Waals surface area contributed by atoms with E-state index in [1.807, 2.05) is 45.0 Å². The maximum Gasteiger partial charge on any atom is 0.307 e. The minimum absolute atomic E-state index is 0.0117. The van der Waals surface area contributed by atoms with E-state index in [9.17, 15) is 14.9 Å². The fourth-order valence-corrected chi connectivity index (χ4v) is 3.75. The number of hydrogen-bond acceptors (Lipinski definition) is 5. The fourth-order valence-electron chi connectivity index (χ4n) is 3.58. The van der Waals surface area contributed by atoms with E-state index in [0.29, 0.717) is 16.0 Å². The molecule has 162 valence electrons. The summed E-state index contributed by atoms with van der Waals surface area (Å²) < 4.78 is 7.55. The van der Waals surface area contributed by atoms with E-state index >= 15 is 0 Å². The molecule has 0 bridgehead atoms. The number of hydrazone groups is 1. The van der Waals surface area contributed by atoms with Crippen LogP contribution in [-0.4, -0.2) is 21.6 Å². The second-order valence-electron chi connectivity index (χ2n) is 7.38. The minimum Gasteiger partial charge on any atom is -0.451 e. The number of carbonyl (C=O) groups is 1. The maximum absolute atomic E-state index is 12.4. The number of carbonyl (C=O) groups excluding carboxylic acids is 1. The molecule has 0 radical (unpaired) electrons. The molecule has 0 fully saturated rings. The van der Waals surface area contributed by atoms with E-state index in [0.717, 1.165) is 28.2 Å². The highest BCUT2D eigenvalue weighted by Crippen LogP contribution is 2.26. The molecule has 4 rings (SSSR count). The van der Waals surface area contributed by atoms with E-state index in [-0.39, 0.29) is 11.4 Å². The molecule has 2 aromatic carbocycles. The number of amides is 1. The van der Waals surface area contributed by atoms with Crippen molar-refractivity contribution in [2.24, 2.45) is 5.10 Å². The van der Waals surface area contributed by atoms with Gasteiger partial charge in [0.05, 0.1) is 11.1 Å². The lowest BCUT2D eigenvalue weighted by Crippen LogP contribution is -2.16. The molecule has 0 aliphatic carbocycles. The number of hydrogen-bond donors (Lipinski definition) is 1. The van der Waals surface area contributed by atoms with Crippen molar-refractivity contribution < 1.29 is 14.1 Å². The molecular formula is C23H19ClN4O4. The van der Waals surface area contributed by atoms with Gasteiger partial charge in [0.1, 0.15) is 5.58 Å². The summed E-state index contributed by atoms with van der Waals surface area (Å²) in [6.07, 6.45) is 1.56. The molecule has 1 N–H and O–H groups in total. The Bertz CT molecular complexity index is 1400. The Morgan fingerprint density at radius 2 is 1.94 bits per heavy atom. The van der Waals surface area contributed by atoms with Crippen LogP contribution in [0.4, 0.5) is 5.69 Å². The molecule has 4 aromatic rings. The molecule has 8 nitrogen and oxygen atoms in total. The van der Waals surface area contributed by atoms with Crippen LogP contribution in [0.15, 0.2) is 58.0 Å². The molecule has 0 saturated carbocycles. The summed E-state index contributed by atoms with van der Waals surface area (Å²) >= 11 is 6.18. The average Bonchev–Trinajstić information content (AvgIpc) is 3.30. The van der Waals surface area contributed by atoms with Gasteiger partial charge in [-0.2, -0.15) is 5.10 Å². The van der Waals surface area contributed by atoms with Gasteiger partial charge in [-0.1, -0.05) is 17.7 Å². The molecule has 32 heavy (non-hydrogen) atoms. The molecule has 0 aliphatic rings. The van der Waals surface area contributed by atoms with Crippen LogP contribution in [0.2, 0.25) is 5.02 Å². The van der Waals surface area contributed by atoms with Gasteiger partial charge in [-0.25, -0.2) is 5.43 Å². The number of benzene rings is 2. The summed E-state index contributed by atoms with van der Waals surface area (Å²) in [6, 6.07) is 13.3. The number of nitro benzene ring substituents is 1. The number of non-ortho nitro benzene ring substituents is 1. The highest BCUT2D eigenvalue weighted by atomic mass is 35.5. The molecular weight excluding hydrogens is 432 g/mol. The summed E-state index contributed by atoms with van der Waals surface area (Å²) in [5.74, 6) is -0.544. The fraction of sp³-hybridized carbons (Fsp3) is 0.130. The third kappa shape index (κ3) is 4.00. The number of halogens is 1. The zero-order valence-corrected chi connectivity index (χ0v) is 18.3. The zero-order valence-electron chi connectivity index (χ0n) is 17.5. The maximum atomic E-state index is 12.4. The van der Waals surface area contributed by atoms with Crippen LogP contribution < -0.4 is 5.43 Å². The van der Waals surface area contributed by atoms with Crippen molar-refractivity contribution in [3.05, 3.63) is 91.9 Å². The van der Waals surface area contributed by atoms with Gasteiger partial charge in [0.2, 0.25) is 0 Å². The lowest BCUT2D eigenvalue weighted by Gasteiger charge is -2.13. The Morgan fingerprint density at radius 1 is 1.16 bits per heavy atom. The van der Waals surface area contributed by atoms with Crippen LogP contribution in [0.5, 0.6) is 0 Å². The monoisotopic (exact) mass is 450 g/mol. The molecule has 9 heteroatoms. The molecule has 0 spiro atoms. The van der Waals surface area contributed by atoms with Gasteiger partial charge in [-0.15, -0.1) is 0 Å². The first-order valence-electron chi connectivity index (χ1n) is 9.71. The second-order valence-corrected chi connectivity index (χ2v) is 7.82.